The summed E-state index contributed by atoms with van der Waals surface area (Å²) in [5.74, 6) is -2.13. The SMILES string of the molecule is O=C(COC(=O)CNC(=O)c1ccc(Cl)c(Cl)c1)NC(=O)NC1CCCC1. The fourth-order valence-electron chi connectivity index (χ4n) is 2.54. The van der Waals surface area contributed by atoms with Gasteiger partial charge >= 0.3 is 12.0 Å². The van der Waals surface area contributed by atoms with E-state index in [0.717, 1.165) is 25.7 Å². The first-order chi connectivity index (χ1) is 12.8. The highest BCUT2D eigenvalue weighted by Gasteiger charge is 2.18. The molecular formula is C17H19Cl2N3O5. The van der Waals surface area contributed by atoms with E-state index in [1.54, 1.807) is 0 Å². The van der Waals surface area contributed by atoms with Gasteiger partial charge in [-0.05, 0) is 31.0 Å². The Kier molecular flexibility index (Phi) is 7.87. The minimum Gasteiger partial charge on any atom is -0.454 e. The number of nitrogens with one attached hydrogen (secondary N) is 3. The summed E-state index contributed by atoms with van der Waals surface area (Å²) < 4.78 is 4.71. The van der Waals surface area contributed by atoms with Crippen LogP contribution in [0.15, 0.2) is 18.2 Å². The minimum absolute atomic E-state index is 0.0666. The zero-order valence-electron chi connectivity index (χ0n) is 14.3. The van der Waals surface area contributed by atoms with Gasteiger partial charge in [-0.15, -0.1) is 0 Å². The number of urea groups is 1. The predicted molar refractivity (Wildman–Crippen MR) is 98.7 cm³/mol. The molecule has 0 bridgehead atoms. The van der Waals surface area contributed by atoms with Crippen molar-refractivity contribution < 1.29 is 23.9 Å². The average molecular weight is 416 g/mol. The maximum Gasteiger partial charge on any atom is 0.325 e. The van der Waals surface area contributed by atoms with Crippen molar-refractivity contribution in [1.29, 1.82) is 0 Å². The second kappa shape index (κ2) is 10.1. The van der Waals surface area contributed by atoms with Crippen molar-refractivity contribution in [3.05, 3.63) is 33.8 Å². The summed E-state index contributed by atoms with van der Waals surface area (Å²) in [7, 11) is 0. The maximum absolute atomic E-state index is 11.9. The molecule has 1 aliphatic rings. The summed E-state index contributed by atoms with van der Waals surface area (Å²) in [5.41, 5.74) is 0.221. The van der Waals surface area contributed by atoms with Gasteiger partial charge in [0.2, 0.25) is 0 Å². The first-order valence-corrected chi connectivity index (χ1v) is 9.10. The van der Waals surface area contributed by atoms with Crippen LogP contribution >= 0.6 is 23.2 Å². The Morgan fingerprint density at radius 2 is 1.78 bits per heavy atom. The summed E-state index contributed by atoms with van der Waals surface area (Å²) in [6.07, 6.45) is 3.86. The highest BCUT2D eigenvalue weighted by molar-refractivity contribution is 6.42. The number of rotatable bonds is 6. The monoisotopic (exact) mass is 415 g/mol. The predicted octanol–water partition coefficient (Wildman–Crippen LogP) is 2.03. The Morgan fingerprint density at radius 1 is 1.07 bits per heavy atom. The Morgan fingerprint density at radius 3 is 2.44 bits per heavy atom. The van der Waals surface area contributed by atoms with Gasteiger partial charge in [-0.1, -0.05) is 36.0 Å². The van der Waals surface area contributed by atoms with E-state index >= 15 is 0 Å². The van der Waals surface area contributed by atoms with Crippen LogP contribution in [0.5, 0.6) is 0 Å². The van der Waals surface area contributed by atoms with E-state index in [2.05, 4.69) is 16.0 Å². The Labute approximate surface area is 165 Å². The second-order valence-corrected chi connectivity index (χ2v) is 6.79. The number of hydrogen-bond donors (Lipinski definition) is 3. The van der Waals surface area contributed by atoms with E-state index < -0.39 is 37.0 Å². The third kappa shape index (κ3) is 7.07. The van der Waals surface area contributed by atoms with Crippen molar-refractivity contribution in [2.75, 3.05) is 13.2 Å². The zero-order valence-corrected chi connectivity index (χ0v) is 15.9. The molecule has 10 heteroatoms. The highest BCUT2D eigenvalue weighted by atomic mass is 35.5. The Bertz CT molecular complexity index is 735. The number of ether oxygens (including phenoxy) is 1. The minimum atomic E-state index is -0.824. The van der Waals surface area contributed by atoms with Crippen LogP contribution < -0.4 is 16.0 Å². The van der Waals surface area contributed by atoms with Crippen molar-refractivity contribution in [1.82, 2.24) is 16.0 Å². The van der Waals surface area contributed by atoms with Crippen LogP contribution in [0.4, 0.5) is 4.79 Å². The van der Waals surface area contributed by atoms with E-state index in [4.69, 9.17) is 27.9 Å². The zero-order chi connectivity index (χ0) is 19.8. The van der Waals surface area contributed by atoms with Gasteiger partial charge in [0.05, 0.1) is 10.0 Å². The topological polar surface area (TPSA) is 114 Å². The van der Waals surface area contributed by atoms with Gasteiger partial charge in [0, 0.05) is 11.6 Å². The van der Waals surface area contributed by atoms with Crippen LogP contribution in [0.3, 0.4) is 0 Å². The molecule has 0 saturated heterocycles. The fourth-order valence-corrected chi connectivity index (χ4v) is 2.84. The van der Waals surface area contributed by atoms with E-state index in [1.807, 2.05) is 0 Å². The summed E-state index contributed by atoms with van der Waals surface area (Å²) in [5, 5.41) is 7.60. The van der Waals surface area contributed by atoms with Gasteiger partial charge in [-0.25, -0.2) is 4.79 Å². The third-order valence-electron chi connectivity index (χ3n) is 3.88. The van der Waals surface area contributed by atoms with E-state index in [9.17, 15) is 19.2 Å². The normalized spacial score (nSPS) is 13.7. The number of benzene rings is 1. The first kappa shape index (κ1) is 21.0. The number of halogens is 2. The Balaban J connectivity index is 1.66. The van der Waals surface area contributed by atoms with Crippen LogP contribution in [-0.4, -0.2) is 43.0 Å². The van der Waals surface area contributed by atoms with Crippen molar-refractivity contribution >= 4 is 47.0 Å². The molecule has 0 aliphatic heterocycles. The maximum atomic E-state index is 11.9. The van der Waals surface area contributed by atoms with Crippen LogP contribution in [0.1, 0.15) is 36.0 Å². The number of imide groups is 1. The molecule has 0 radical (unpaired) electrons. The van der Waals surface area contributed by atoms with Gasteiger partial charge in [0.15, 0.2) is 6.61 Å². The van der Waals surface area contributed by atoms with Crippen LogP contribution in [0.2, 0.25) is 10.0 Å². The number of carbonyl (C=O) groups excluding carboxylic acids is 4. The first-order valence-electron chi connectivity index (χ1n) is 8.34. The summed E-state index contributed by atoms with van der Waals surface area (Å²) in [6.45, 7) is -1.07. The molecule has 0 heterocycles. The van der Waals surface area contributed by atoms with Crippen molar-refractivity contribution in [3.8, 4) is 0 Å². The number of esters is 1. The molecule has 1 saturated carbocycles. The van der Waals surface area contributed by atoms with Crippen molar-refractivity contribution in [2.24, 2.45) is 0 Å². The molecule has 146 valence electrons. The van der Waals surface area contributed by atoms with Crippen molar-refractivity contribution in [2.45, 2.75) is 31.7 Å². The van der Waals surface area contributed by atoms with Crippen LogP contribution in [-0.2, 0) is 14.3 Å². The molecule has 0 aromatic heterocycles. The summed E-state index contributed by atoms with van der Waals surface area (Å²) in [4.78, 5) is 46.7. The molecule has 3 N–H and O–H groups in total. The molecule has 27 heavy (non-hydrogen) atoms. The molecule has 0 spiro atoms. The lowest BCUT2D eigenvalue weighted by molar-refractivity contribution is -0.147. The summed E-state index contributed by atoms with van der Waals surface area (Å²) in [6, 6.07) is 3.72. The van der Waals surface area contributed by atoms with E-state index in [0.29, 0.717) is 5.02 Å². The molecule has 2 rings (SSSR count). The molecule has 1 aromatic carbocycles. The van der Waals surface area contributed by atoms with E-state index in [-0.39, 0.29) is 16.6 Å². The molecule has 0 atom stereocenters. The molecule has 4 amide bonds. The molecular weight excluding hydrogens is 397 g/mol. The third-order valence-corrected chi connectivity index (χ3v) is 4.62. The fraction of sp³-hybridized carbons (Fsp3) is 0.412. The van der Waals surface area contributed by atoms with Crippen LogP contribution in [0, 0.1) is 0 Å². The van der Waals surface area contributed by atoms with Gasteiger partial charge < -0.3 is 15.4 Å². The number of carbonyl (C=O) groups is 4. The smallest absolute Gasteiger partial charge is 0.325 e. The highest BCUT2D eigenvalue weighted by Crippen LogP contribution is 2.22. The standard InChI is InChI=1S/C17H19Cl2N3O5/c18-12-6-5-10(7-13(12)19)16(25)20-8-15(24)27-9-14(23)22-17(26)21-11-3-1-2-4-11/h5-7,11H,1-4,8-9H2,(H,20,25)(H2,21,22,23,26). The van der Waals surface area contributed by atoms with Gasteiger partial charge in [0.25, 0.3) is 11.8 Å². The van der Waals surface area contributed by atoms with Crippen LogP contribution in [0.25, 0.3) is 0 Å². The van der Waals surface area contributed by atoms with Gasteiger partial charge in [-0.3, -0.25) is 19.7 Å². The second-order valence-electron chi connectivity index (χ2n) is 5.98. The lowest BCUT2D eigenvalue weighted by Crippen LogP contribution is -2.45. The number of hydrogen-bond acceptors (Lipinski definition) is 5. The Hall–Kier alpha value is -2.32. The summed E-state index contributed by atoms with van der Waals surface area (Å²) >= 11 is 11.6. The average Bonchev–Trinajstić information content (AvgIpc) is 3.12. The lowest BCUT2D eigenvalue weighted by Gasteiger charge is -2.12. The van der Waals surface area contributed by atoms with Crippen molar-refractivity contribution in [3.63, 3.8) is 0 Å². The molecule has 1 fully saturated rings. The molecule has 0 unspecified atom stereocenters. The van der Waals surface area contributed by atoms with Gasteiger partial charge in [0.1, 0.15) is 6.54 Å². The molecule has 1 aliphatic carbocycles. The quantitative estimate of drug-likeness (QED) is 0.615. The largest absolute Gasteiger partial charge is 0.454 e. The molecule has 1 aromatic rings. The van der Waals surface area contributed by atoms with Gasteiger partial charge in [-0.2, -0.15) is 0 Å². The van der Waals surface area contributed by atoms with E-state index in [1.165, 1.54) is 18.2 Å². The lowest BCUT2D eigenvalue weighted by atomic mass is 10.2. The number of amides is 4. The molecule has 8 nitrogen and oxygen atoms in total.